The molecular formula is C9H15F3N2O2. The van der Waals surface area contributed by atoms with Gasteiger partial charge in [0.2, 0.25) is 0 Å². The Balaban J connectivity index is 2.34. The normalized spacial score (nSPS) is 18.9. The Hall–Kier alpha value is -0.790. The number of nitrogens with one attached hydrogen (secondary N) is 1. The number of ether oxygens (including phenoxy) is 2. The van der Waals surface area contributed by atoms with Crippen LogP contribution in [0, 0.1) is 0 Å². The summed E-state index contributed by atoms with van der Waals surface area (Å²) in [4.78, 5) is 0. The fraction of sp³-hybridized carbons (Fsp3) is 0.778. The molecule has 0 radical (unpaired) electrons. The molecule has 0 fully saturated rings. The van der Waals surface area contributed by atoms with Gasteiger partial charge in [-0.15, -0.1) is 0 Å². The van der Waals surface area contributed by atoms with E-state index in [1.165, 1.54) is 0 Å². The van der Waals surface area contributed by atoms with Crippen molar-refractivity contribution < 1.29 is 22.6 Å². The second-order valence-corrected chi connectivity index (χ2v) is 3.45. The molecule has 1 unspecified atom stereocenters. The van der Waals surface area contributed by atoms with E-state index in [9.17, 15) is 13.2 Å². The highest BCUT2D eigenvalue weighted by Gasteiger charge is 2.28. The lowest BCUT2D eigenvalue weighted by Gasteiger charge is -2.23. The number of hydrogen-bond acceptors (Lipinski definition) is 4. The van der Waals surface area contributed by atoms with Crippen LogP contribution in [0.2, 0.25) is 0 Å². The first-order valence-electron chi connectivity index (χ1n) is 4.96. The first-order chi connectivity index (χ1) is 7.53. The molecule has 1 aliphatic rings. The second-order valence-electron chi connectivity index (χ2n) is 3.45. The van der Waals surface area contributed by atoms with Crippen LogP contribution in [0.5, 0.6) is 0 Å². The molecule has 1 atom stereocenters. The Bertz CT molecular complexity index is 243. The van der Waals surface area contributed by atoms with Gasteiger partial charge in [-0.25, -0.2) is 5.43 Å². The molecule has 16 heavy (non-hydrogen) atoms. The highest BCUT2D eigenvalue weighted by atomic mass is 19.4. The monoisotopic (exact) mass is 240 g/mol. The van der Waals surface area contributed by atoms with Gasteiger partial charge >= 0.3 is 6.18 Å². The van der Waals surface area contributed by atoms with E-state index in [4.69, 9.17) is 10.6 Å². The third kappa shape index (κ3) is 4.82. The van der Waals surface area contributed by atoms with Crippen LogP contribution in [0.15, 0.2) is 11.8 Å². The molecule has 7 heteroatoms. The molecule has 0 spiro atoms. The second kappa shape index (κ2) is 6.07. The van der Waals surface area contributed by atoms with Crippen LogP contribution in [0.3, 0.4) is 0 Å². The third-order valence-corrected chi connectivity index (χ3v) is 2.06. The number of hydrogen-bond donors (Lipinski definition) is 2. The average molecular weight is 240 g/mol. The standard InChI is InChI=1S/C9H15F3N2O2/c10-9(11,12)6-15-5-7(14-13)8-3-1-2-4-16-8/h3,7,14H,1-2,4-6,13H2. The van der Waals surface area contributed by atoms with Crippen LogP contribution in [0.4, 0.5) is 13.2 Å². The molecule has 1 aliphatic heterocycles. The molecular weight excluding hydrogens is 225 g/mol. The molecule has 0 aromatic carbocycles. The lowest BCUT2D eigenvalue weighted by Crippen LogP contribution is -2.42. The summed E-state index contributed by atoms with van der Waals surface area (Å²) < 4.78 is 45.3. The number of nitrogens with two attached hydrogens (primary N) is 1. The van der Waals surface area contributed by atoms with Crippen molar-refractivity contribution in [3.63, 3.8) is 0 Å². The molecule has 0 aliphatic carbocycles. The van der Waals surface area contributed by atoms with E-state index in [1.807, 2.05) is 6.08 Å². The van der Waals surface area contributed by atoms with E-state index in [1.54, 1.807) is 0 Å². The van der Waals surface area contributed by atoms with Crippen molar-refractivity contribution in [2.45, 2.75) is 25.1 Å². The van der Waals surface area contributed by atoms with Crippen LogP contribution in [-0.4, -0.2) is 32.0 Å². The molecule has 0 saturated heterocycles. The topological polar surface area (TPSA) is 56.5 Å². The van der Waals surface area contributed by atoms with Crippen molar-refractivity contribution in [3.05, 3.63) is 11.8 Å². The van der Waals surface area contributed by atoms with Crippen molar-refractivity contribution in [1.29, 1.82) is 0 Å². The van der Waals surface area contributed by atoms with Crippen LogP contribution in [0.25, 0.3) is 0 Å². The van der Waals surface area contributed by atoms with Gasteiger partial charge in [0.05, 0.1) is 13.2 Å². The Kier molecular flexibility index (Phi) is 5.04. The predicted octanol–water partition coefficient (Wildman–Crippen LogP) is 1.09. The number of halogens is 3. The summed E-state index contributed by atoms with van der Waals surface area (Å²) in [5, 5.41) is 0. The first-order valence-corrected chi connectivity index (χ1v) is 4.96. The van der Waals surface area contributed by atoms with E-state index in [0.29, 0.717) is 12.4 Å². The van der Waals surface area contributed by atoms with Crippen molar-refractivity contribution >= 4 is 0 Å². The quantitative estimate of drug-likeness (QED) is 0.558. The predicted molar refractivity (Wildman–Crippen MR) is 51.3 cm³/mol. The summed E-state index contributed by atoms with van der Waals surface area (Å²) in [6.07, 6.45) is -0.761. The lowest BCUT2D eigenvalue weighted by molar-refractivity contribution is -0.175. The fourth-order valence-corrected chi connectivity index (χ4v) is 1.32. The maximum Gasteiger partial charge on any atom is 0.411 e. The Morgan fingerprint density at radius 1 is 1.56 bits per heavy atom. The van der Waals surface area contributed by atoms with Gasteiger partial charge < -0.3 is 9.47 Å². The number of hydrazine groups is 1. The fourth-order valence-electron chi connectivity index (χ4n) is 1.32. The van der Waals surface area contributed by atoms with E-state index in [-0.39, 0.29) is 6.61 Å². The largest absolute Gasteiger partial charge is 0.496 e. The number of allylic oxidation sites excluding steroid dienone is 1. The minimum absolute atomic E-state index is 0.165. The highest BCUT2D eigenvalue weighted by molar-refractivity contribution is 5.04. The Morgan fingerprint density at radius 2 is 2.31 bits per heavy atom. The Labute approximate surface area is 91.5 Å². The van der Waals surface area contributed by atoms with Crippen molar-refractivity contribution in [1.82, 2.24) is 5.43 Å². The maximum absolute atomic E-state index is 11.8. The van der Waals surface area contributed by atoms with Crippen LogP contribution < -0.4 is 11.3 Å². The van der Waals surface area contributed by atoms with E-state index >= 15 is 0 Å². The zero-order valence-corrected chi connectivity index (χ0v) is 8.72. The zero-order chi connectivity index (χ0) is 12.0. The molecule has 0 bridgehead atoms. The van der Waals surface area contributed by atoms with Crippen LogP contribution >= 0.6 is 0 Å². The van der Waals surface area contributed by atoms with Gasteiger partial charge in [0.25, 0.3) is 0 Å². The van der Waals surface area contributed by atoms with Gasteiger partial charge in [-0.2, -0.15) is 13.2 Å². The summed E-state index contributed by atoms with van der Waals surface area (Å²) in [7, 11) is 0. The summed E-state index contributed by atoms with van der Waals surface area (Å²) in [6.45, 7) is -0.885. The Morgan fingerprint density at radius 3 is 2.81 bits per heavy atom. The van der Waals surface area contributed by atoms with Gasteiger partial charge in [-0.05, 0) is 18.9 Å². The van der Waals surface area contributed by atoms with Crippen molar-refractivity contribution in [2.24, 2.45) is 5.84 Å². The summed E-state index contributed by atoms with van der Waals surface area (Å²) in [5.41, 5.74) is 2.37. The summed E-state index contributed by atoms with van der Waals surface area (Å²) in [5.74, 6) is 5.77. The minimum Gasteiger partial charge on any atom is -0.496 e. The van der Waals surface area contributed by atoms with Gasteiger partial charge in [0.15, 0.2) is 0 Å². The first kappa shape index (κ1) is 13.3. The molecule has 0 aromatic rings. The minimum atomic E-state index is -4.32. The van der Waals surface area contributed by atoms with Gasteiger partial charge in [-0.3, -0.25) is 5.84 Å². The SMILES string of the molecule is NNC(COCC(F)(F)F)C1=CCCCO1. The van der Waals surface area contributed by atoms with Crippen molar-refractivity contribution in [3.8, 4) is 0 Å². The molecule has 0 saturated carbocycles. The lowest BCUT2D eigenvalue weighted by atomic mass is 10.1. The van der Waals surface area contributed by atoms with Crippen LogP contribution in [0.1, 0.15) is 12.8 Å². The van der Waals surface area contributed by atoms with E-state index in [0.717, 1.165) is 12.8 Å². The molecule has 4 nitrogen and oxygen atoms in total. The highest BCUT2D eigenvalue weighted by Crippen LogP contribution is 2.17. The smallest absolute Gasteiger partial charge is 0.411 e. The van der Waals surface area contributed by atoms with E-state index in [2.05, 4.69) is 10.2 Å². The van der Waals surface area contributed by atoms with Gasteiger partial charge in [0, 0.05) is 0 Å². The molecule has 0 amide bonds. The number of rotatable bonds is 5. The molecule has 0 aromatic heterocycles. The van der Waals surface area contributed by atoms with Gasteiger partial charge in [0.1, 0.15) is 18.4 Å². The van der Waals surface area contributed by atoms with E-state index < -0.39 is 18.8 Å². The summed E-state index contributed by atoms with van der Waals surface area (Å²) >= 11 is 0. The van der Waals surface area contributed by atoms with Crippen LogP contribution in [-0.2, 0) is 9.47 Å². The average Bonchev–Trinajstić information content (AvgIpc) is 2.24. The maximum atomic E-state index is 11.8. The van der Waals surface area contributed by atoms with Gasteiger partial charge in [-0.1, -0.05) is 0 Å². The zero-order valence-electron chi connectivity index (χ0n) is 8.72. The molecule has 3 N–H and O–H groups in total. The number of alkyl halides is 3. The summed E-state index contributed by atoms with van der Waals surface area (Å²) in [6, 6.07) is -0.525. The molecule has 94 valence electrons. The molecule has 1 heterocycles. The molecule has 1 rings (SSSR count). The van der Waals surface area contributed by atoms with Crippen molar-refractivity contribution in [2.75, 3.05) is 19.8 Å². The third-order valence-electron chi connectivity index (χ3n) is 2.06.